The third-order valence-corrected chi connectivity index (χ3v) is 2.73. The predicted octanol–water partition coefficient (Wildman–Crippen LogP) is 2.18. The minimum absolute atomic E-state index is 0.0176. The highest BCUT2D eigenvalue weighted by atomic mass is 35.5. The van der Waals surface area contributed by atoms with E-state index in [4.69, 9.17) is 23.1 Å². The summed E-state index contributed by atoms with van der Waals surface area (Å²) in [6, 6.07) is 4.22. The molecule has 1 rings (SSSR count). The van der Waals surface area contributed by atoms with Crippen LogP contribution in [0.15, 0.2) is 18.2 Å². The van der Waals surface area contributed by atoms with Crippen molar-refractivity contribution in [1.29, 1.82) is 0 Å². The summed E-state index contributed by atoms with van der Waals surface area (Å²) in [4.78, 5) is 11.4. The van der Waals surface area contributed by atoms with E-state index in [0.29, 0.717) is 12.0 Å². The molecule has 0 saturated carbocycles. The molecule has 0 aliphatic rings. The molecule has 0 fully saturated rings. The normalized spacial score (nSPS) is 13.5. The van der Waals surface area contributed by atoms with Crippen LogP contribution in [0.25, 0.3) is 0 Å². The number of hydrogen-bond acceptors (Lipinski definition) is 2. The molecule has 0 bridgehead atoms. The molecule has 1 amide bonds. The van der Waals surface area contributed by atoms with Crippen molar-refractivity contribution in [2.24, 2.45) is 11.5 Å². The lowest BCUT2D eigenvalue weighted by Crippen LogP contribution is -2.37. The first-order valence-corrected chi connectivity index (χ1v) is 5.61. The number of halogens is 2. The second-order valence-corrected chi connectivity index (χ2v) is 5.23. The lowest BCUT2D eigenvalue weighted by molar-refractivity contribution is -0.119. The number of nitrogens with two attached hydrogens (primary N) is 2. The van der Waals surface area contributed by atoms with E-state index in [1.54, 1.807) is 19.9 Å². The Morgan fingerprint density at radius 3 is 2.53 bits per heavy atom. The number of rotatable bonds is 4. The van der Waals surface area contributed by atoms with Crippen LogP contribution < -0.4 is 11.5 Å². The summed E-state index contributed by atoms with van der Waals surface area (Å²) in [7, 11) is 0. The molecule has 17 heavy (non-hydrogen) atoms. The third-order valence-electron chi connectivity index (χ3n) is 2.42. The quantitative estimate of drug-likeness (QED) is 0.869. The lowest BCUT2D eigenvalue weighted by Gasteiger charge is -2.24. The van der Waals surface area contributed by atoms with Crippen molar-refractivity contribution in [2.75, 3.05) is 0 Å². The fourth-order valence-electron chi connectivity index (χ4n) is 1.64. The first kappa shape index (κ1) is 13.9. The molecule has 0 aliphatic carbocycles. The standard InChI is InChI=1S/C12H16ClFN2O/c1-12(2,16)6-8(11(15)17)7-3-4-9(13)10(14)5-7/h3-5,8H,6,16H2,1-2H3,(H2,15,17)/t8-/m1/s1. The SMILES string of the molecule is CC(C)(N)C[C@@H](C(N)=O)c1ccc(Cl)c(F)c1. The molecule has 3 nitrogen and oxygen atoms in total. The number of carbonyl (C=O) groups is 1. The van der Waals surface area contributed by atoms with Gasteiger partial charge in [0.2, 0.25) is 5.91 Å². The summed E-state index contributed by atoms with van der Waals surface area (Å²) < 4.78 is 13.3. The minimum atomic E-state index is -0.609. The third kappa shape index (κ3) is 3.98. The number of hydrogen-bond donors (Lipinski definition) is 2. The molecule has 0 heterocycles. The van der Waals surface area contributed by atoms with Crippen LogP contribution in [0.1, 0.15) is 31.7 Å². The highest BCUT2D eigenvalue weighted by molar-refractivity contribution is 6.30. The van der Waals surface area contributed by atoms with Crippen LogP contribution in [0.3, 0.4) is 0 Å². The van der Waals surface area contributed by atoms with E-state index in [1.165, 1.54) is 12.1 Å². The van der Waals surface area contributed by atoms with Gasteiger partial charge in [0.15, 0.2) is 0 Å². The Balaban J connectivity index is 3.06. The average Bonchev–Trinajstić information content (AvgIpc) is 2.17. The van der Waals surface area contributed by atoms with E-state index >= 15 is 0 Å². The molecule has 1 atom stereocenters. The summed E-state index contributed by atoms with van der Waals surface area (Å²) in [6.07, 6.45) is 0.351. The van der Waals surface area contributed by atoms with E-state index in [2.05, 4.69) is 0 Å². The van der Waals surface area contributed by atoms with Gasteiger partial charge in [0.25, 0.3) is 0 Å². The van der Waals surface area contributed by atoms with Gasteiger partial charge >= 0.3 is 0 Å². The first-order valence-electron chi connectivity index (χ1n) is 5.24. The number of primary amides is 1. The van der Waals surface area contributed by atoms with Crippen LogP contribution in [-0.2, 0) is 4.79 Å². The van der Waals surface area contributed by atoms with Crippen LogP contribution >= 0.6 is 11.6 Å². The molecule has 1 aromatic rings. The number of carbonyl (C=O) groups excluding carboxylic acids is 1. The fraction of sp³-hybridized carbons (Fsp3) is 0.417. The summed E-state index contributed by atoms with van der Waals surface area (Å²) in [5.41, 5.74) is 11.1. The Hall–Kier alpha value is -1.13. The van der Waals surface area contributed by atoms with Gasteiger partial charge in [-0.15, -0.1) is 0 Å². The summed E-state index contributed by atoms with van der Waals surface area (Å²) in [5.74, 6) is -1.70. The van der Waals surface area contributed by atoms with Gasteiger partial charge < -0.3 is 11.5 Å². The molecule has 94 valence electrons. The zero-order valence-electron chi connectivity index (χ0n) is 9.84. The molecular formula is C12H16ClFN2O. The second-order valence-electron chi connectivity index (χ2n) is 4.82. The molecule has 1 aromatic carbocycles. The van der Waals surface area contributed by atoms with Gasteiger partial charge in [-0.1, -0.05) is 17.7 Å². The van der Waals surface area contributed by atoms with Crippen LogP contribution in [-0.4, -0.2) is 11.4 Å². The molecule has 0 saturated heterocycles. The highest BCUT2D eigenvalue weighted by Gasteiger charge is 2.25. The van der Waals surface area contributed by atoms with E-state index in [0.717, 1.165) is 0 Å². The van der Waals surface area contributed by atoms with Crippen LogP contribution in [0.4, 0.5) is 4.39 Å². The van der Waals surface area contributed by atoms with E-state index in [1.807, 2.05) is 0 Å². The fourth-order valence-corrected chi connectivity index (χ4v) is 1.76. The number of benzene rings is 1. The van der Waals surface area contributed by atoms with Gasteiger partial charge in [-0.3, -0.25) is 4.79 Å². The van der Waals surface area contributed by atoms with Gasteiger partial charge in [-0.25, -0.2) is 4.39 Å². The van der Waals surface area contributed by atoms with Gasteiger partial charge in [0.05, 0.1) is 10.9 Å². The van der Waals surface area contributed by atoms with Crippen LogP contribution in [0.5, 0.6) is 0 Å². The molecular weight excluding hydrogens is 243 g/mol. The van der Waals surface area contributed by atoms with Gasteiger partial charge in [0, 0.05) is 5.54 Å². The zero-order valence-corrected chi connectivity index (χ0v) is 10.6. The molecule has 5 heteroatoms. The molecule has 0 spiro atoms. The van der Waals surface area contributed by atoms with Crippen molar-refractivity contribution in [2.45, 2.75) is 31.7 Å². The van der Waals surface area contributed by atoms with Crippen LogP contribution in [0.2, 0.25) is 5.02 Å². The Kier molecular flexibility index (Phi) is 4.11. The van der Waals surface area contributed by atoms with Crippen molar-refractivity contribution < 1.29 is 9.18 Å². The molecule has 0 unspecified atom stereocenters. The van der Waals surface area contributed by atoms with E-state index in [9.17, 15) is 9.18 Å². The molecule has 4 N–H and O–H groups in total. The summed E-state index contributed by atoms with van der Waals surface area (Å²) >= 11 is 5.58. The summed E-state index contributed by atoms with van der Waals surface area (Å²) in [5, 5.41) is 0.0176. The average molecular weight is 259 g/mol. The number of amides is 1. The van der Waals surface area contributed by atoms with Crippen LogP contribution in [0, 0.1) is 5.82 Å². The maximum Gasteiger partial charge on any atom is 0.225 e. The van der Waals surface area contributed by atoms with Crippen molar-refractivity contribution >= 4 is 17.5 Å². The minimum Gasteiger partial charge on any atom is -0.369 e. The monoisotopic (exact) mass is 258 g/mol. The predicted molar refractivity (Wildman–Crippen MR) is 66.2 cm³/mol. The van der Waals surface area contributed by atoms with E-state index < -0.39 is 23.2 Å². The maximum absolute atomic E-state index is 13.3. The highest BCUT2D eigenvalue weighted by Crippen LogP contribution is 2.27. The van der Waals surface area contributed by atoms with Crippen molar-refractivity contribution in [3.63, 3.8) is 0 Å². The van der Waals surface area contributed by atoms with Gasteiger partial charge in [-0.2, -0.15) is 0 Å². The first-order chi connectivity index (χ1) is 7.70. The van der Waals surface area contributed by atoms with E-state index in [-0.39, 0.29) is 5.02 Å². The topological polar surface area (TPSA) is 69.1 Å². The largest absolute Gasteiger partial charge is 0.369 e. The lowest BCUT2D eigenvalue weighted by atomic mass is 9.86. The maximum atomic E-state index is 13.3. The van der Waals surface area contributed by atoms with Crippen molar-refractivity contribution in [3.05, 3.63) is 34.6 Å². The van der Waals surface area contributed by atoms with Gasteiger partial charge in [-0.05, 0) is 38.0 Å². The van der Waals surface area contributed by atoms with Crippen molar-refractivity contribution in [3.8, 4) is 0 Å². The Labute approximate surface area is 105 Å². The Morgan fingerprint density at radius 1 is 1.53 bits per heavy atom. The zero-order chi connectivity index (χ0) is 13.2. The van der Waals surface area contributed by atoms with Gasteiger partial charge in [0.1, 0.15) is 5.82 Å². The Bertz CT molecular complexity index is 429. The second kappa shape index (κ2) is 5.02. The molecule has 0 aromatic heterocycles. The Morgan fingerprint density at radius 2 is 2.12 bits per heavy atom. The van der Waals surface area contributed by atoms with Crippen molar-refractivity contribution in [1.82, 2.24) is 0 Å². The summed E-state index contributed by atoms with van der Waals surface area (Å²) in [6.45, 7) is 3.57. The smallest absolute Gasteiger partial charge is 0.225 e. The molecule has 0 radical (unpaired) electrons. The molecule has 0 aliphatic heterocycles.